The van der Waals surface area contributed by atoms with Crippen LogP contribution in [-0.4, -0.2) is 27.6 Å². The second kappa shape index (κ2) is 9.41. The fourth-order valence-electron chi connectivity index (χ4n) is 3.40. The average molecular weight is 437 g/mol. The Kier molecular flexibility index (Phi) is 6.90. The summed E-state index contributed by atoms with van der Waals surface area (Å²) in [5, 5.41) is 2.93. The predicted molar refractivity (Wildman–Crippen MR) is 129 cm³/mol. The van der Waals surface area contributed by atoms with Gasteiger partial charge >= 0.3 is 0 Å². The molecule has 0 bridgehead atoms. The van der Waals surface area contributed by atoms with Gasteiger partial charge in [0.1, 0.15) is 10.9 Å². The van der Waals surface area contributed by atoms with Crippen LogP contribution in [0.5, 0.6) is 0 Å². The molecule has 2 amide bonds. The zero-order valence-electron chi connectivity index (χ0n) is 17.5. The summed E-state index contributed by atoms with van der Waals surface area (Å²) >= 11 is 6.58. The van der Waals surface area contributed by atoms with Crippen LogP contribution in [0.4, 0.5) is 5.69 Å². The van der Waals surface area contributed by atoms with Crippen molar-refractivity contribution in [1.82, 2.24) is 4.90 Å². The smallest absolute Gasteiger partial charge is 0.266 e. The van der Waals surface area contributed by atoms with Crippen molar-refractivity contribution in [3.63, 3.8) is 0 Å². The Balaban J connectivity index is 1.71. The Labute approximate surface area is 187 Å². The first-order chi connectivity index (χ1) is 14.2. The minimum Gasteiger partial charge on any atom is -0.324 e. The van der Waals surface area contributed by atoms with Crippen LogP contribution < -0.4 is 5.32 Å². The highest BCUT2D eigenvalue weighted by Crippen LogP contribution is 2.32. The molecule has 1 aliphatic heterocycles. The summed E-state index contributed by atoms with van der Waals surface area (Å²) in [6.45, 7) is 7.78. The summed E-state index contributed by atoms with van der Waals surface area (Å²) in [5.41, 5.74) is 5.92. The second-order valence-electron chi connectivity index (χ2n) is 7.39. The van der Waals surface area contributed by atoms with Gasteiger partial charge in [0.2, 0.25) is 5.91 Å². The molecule has 1 heterocycles. The Morgan fingerprint density at radius 3 is 2.40 bits per heavy atom. The normalized spacial score (nSPS) is 15.8. The number of nitrogens with zero attached hydrogens (tertiary/aromatic N) is 1. The number of carbonyl (C=O) groups is 2. The molecule has 0 radical (unpaired) electrons. The third-order valence-corrected chi connectivity index (χ3v) is 6.05. The van der Waals surface area contributed by atoms with Crippen LogP contribution >= 0.6 is 24.0 Å². The van der Waals surface area contributed by atoms with E-state index < -0.39 is 0 Å². The average Bonchev–Trinajstić information content (AvgIpc) is 2.92. The highest BCUT2D eigenvalue weighted by atomic mass is 32.2. The van der Waals surface area contributed by atoms with Crippen molar-refractivity contribution in [3.8, 4) is 0 Å². The Morgan fingerprint density at radius 1 is 1.13 bits per heavy atom. The van der Waals surface area contributed by atoms with Gasteiger partial charge in [-0.3, -0.25) is 14.5 Å². The topological polar surface area (TPSA) is 49.4 Å². The van der Waals surface area contributed by atoms with Gasteiger partial charge in [-0.25, -0.2) is 0 Å². The van der Waals surface area contributed by atoms with Crippen molar-refractivity contribution in [2.75, 3.05) is 11.9 Å². The molecule has 1 saturated heterocycles. The summed E-state index contributed by atoms with van der Waals surface area (Å²) in [4.78, 5) is 27.3. The molecule has 4 nitrogen and oxygen atoms in total. The van der Waals surface area contributed by atoms with Crippen molar-refractivity contribution < 1.29 is 9.59 Å². The first kappa shape index (κ1) is 22.0. The molecule has 0 unspecified atom stereocenters. The highest BCUT2D eigenvalue weighted by molar-refractivity contribution is 8.26. The van der Waals surface area contributed by atoms with Crippen LogP contribution in [0, 0.1) is 20.8 Å². The van der Waals surface area contributed by atoms with E-state index in [-0.39, 0.29) is 18.4 Å². The van der Waals surface area contributed by atoms with Crippen molar-refractivity contribution in [2.45, 2.75) is 27.7 Å². The third-order valence-electron chi connectivity index (χ3n) is 4.67. The predicted octanol–water partition coefficient (Wildman–Crippen LogP) is 5.40. The summed E-state index contributed by atoms with van der Waals surface area (Å²) < 4.78 is 0.395. The number of thioether (sulfide) groups is 1. The molecule has 1 N–H and O–H groups in total. The number of rotatable bonds is 5. The lowest BCUT2D eigenvalue weighted by atomic mass is 10.1. The van der Waals surface area contributed by atoms with Crippen LogP contribution in [0.15, 0.2) is 59.0 Å². The van der Waals surface area contributed by atoms with E-state index in [4.69, 9.17) is 12.2 Å². The van der Waals surface area contributed by atoms with E-state index in [2.05, 4.69) is 5.32 Å². The molecular formula is C24H24N2O2S2. The molecular weight excluding hydrogens is 412 g/mol. The van der Waals surface area contributed by atoms with Gasteiger partial charge in [-0.2, -0.15) is 0 Å². The second-order valence-corrected chi connectivity index (χ2v) is 9.06. The number of nitrogens with one attached hydrogen (secondary N) is 1. The molecule has 6 heteroatoms. The number of amides is 2. The quantitative estimate of drug-likeness (QED) is 0.504. The zero-order valence-corrected chi connectivity index (χ0v) is 19.1. The maximum atomic E-state index is 12.8. The van der Waals surface area contributed by atoms with E-state index in [0.29, 0.717) is 9.23 Å². The first-order valence-electron chi connectivity index (χ1n) is 9.61. The molecule has 0 saturated carbocycles. The molecule has 1 fully saturated rings. The summed E-state index contributed by atoms with van der Waals surface area (Å²) in [6.07, 6.45) is 3.82. The molecule has 154 valence electrons. The van der Waals surface area contributed by atoms with Crippen LogP contribution in [0.1, 0.15) is 29.2 Å². The van der Waals surface area contributed by atoms with Crippen LogP contribution in [0.2, 0.25) is 0 Å². The first-order valence-corrected chi connectivity index (χ1v) is 10.8. The molecule has 30 heavy (non-hydrogen) atoms. The number of hydrogen-bond donors (Lipinski definition) is 1. The number of hydrogen-bond acceptors (Lipinski definition) is 4. The number of aryl methyl sites for hydroxylation is 3. The van der Waals surface area contributed by atoms with Crippen molar-refractivity contribution in [2.24, 2.45) is 0 Å². The van der Waals surface area contributed by atoms with Crippen molar-refractivity contribution in [3.05, 3.63) is 81.3 Å². The van der Waals surface area contributed by atoms with Crippen molar-refractivity contribution >= 4 is 51.9 Å². The Hall–Kier alpha value is -2.70. The standard InChI is InChI=1S/C24H24N2O2S2/c1-15-10-17(3)22(18(4)11-15)25-21(27)14-26-23(28)20(30-24(26)29)13-16(2)12-19-8-6-5-7-9-19/h5-13H,14H2,1-4H3,(H,25,27)/b16-12+,20-13-. The number of anilines is 1. The van der Waals surface area contributed by atoms with Gasteiger partial charge in [-0.1, -0.05) is 78.1 Å². The van der Waals surface area contributed by atoms with E-state index in [9.17, 15) is 9.59 Å². The maximum Gasteiger partial charge on any atom is 0.266 e. The number of allylic oxidation sites excluding steroid dienone is 2. The highest BCUT2D eigenvalue weighted by Gasteiger charge is 2.33. The SMILES string of the molecule is CC(/C=C1\SC(=S)N(CC(=O)Nc2c(C)cc(C)cc2C)C1=O)=C\c1ccccc1. The summed E-state index contributed by atoms with van der Waals surface area (Å²) in [6, 6.07) is 13.9. The number of carbonyl (C=O) groups excluding carboxylic acids is 2. The van der Waals surface area contributed by atoms with Gasteiger partial charge in [0.25, 0.3) is 5.91 Å². The minimum atomic E-state index is -0.265. The van der Waals surface area contributed by atoms with Gasteiger partial charge in [-0.15, -0.1) is 0 Å². The fourth-order valence-corrected chi connectivity index (χ4v) is 4.70. The van der Waals surface area contributed by atoms with Gasteiger partial charge in [0.15, 0.2) is 0 Å². The van der Waals surface area contributed by atoms with E-state index in [1.807, 2.05) is 82.3 Å². The van der Waals surface area contributed by atoms with Crippen LogP contribution in [0.3, 0.4) is 0 Å². The van der Waals surface area contributed by atoms with E-state index >= 15 is 0 Å². The van der Waals surface area contributed by atoms with Crippen LogP contribution in [0.25, 0.3) is 6.08 Å². The van der Waals surface area contributed by atoms with Gasteiger partial charge in [0.05, 0.1) is 4.91 Å². The van der Waals surface area contributed by atoms with Gasteiger partial charge < -0.3 is 5.32 Å². The number of thiocarbonyl (C=S) groups is 1. The molecule has 2 aromatic carbocycles. The van der Waals surface area contributed by atoms with Crippen molar-refractivity contribution in [1.29, 1.82) is 0 Å². The largest absolute Gasteiger partial charge is 0.324 e. The van der Waals surface area contributed by atoms with Gasteiger partial charge in [0, 0.05) is 5.69 Å². The van der Waals surface area contributed by atoms with E-state index in [0.717, 1.165) is 33.5 Å². The zero-order chi connectivity index (χ0) is 21.8. The Morgan fingerprint density at radius 2 is 1.77 bits per heavy atom. The molecule has 0 aromatic heterocycles. The van der Waals surface area contributed by atoms with Gasteiger partial charge in [-0.05, 0) is 56.0 Å². The monoisotopic (exact) mass is 436 g/mol. The summed E-state index contributed by atoms with van der Waals surface area (Å²) in [7, 11) is 0. The lowest BCUT2D eigenvalue weighted by molar-refractivity contribution is -0.126. The van der Waals surface area contributed by atoms with E-state index in [1.54, 1.807) is 0 Å². The fraction of sp³-hybridized carbons (Fsp3) is 0.208. The molecule has 0 aliphatic carbocycles. The molecule has 1 aliphatic rings. The van der Waals surface area contributed by atoms with E-state index in [1.165, 1.54) is 16.7 Å². The lowest BCUT2D eigenvalue weighted by Gasteiger charge is -2.17. The molecule has 0 atom stereocenters. The molecule has 0 spiro atoms. The van der Waals surface area contributed by atoms with Crippen LogP contribution in [-0.2, 0) is 9.59 Å². The molecule has 2 aromatic rings. The summed E-state index contributed by atoms with van der Waals surface area (Å²) in [5.74, 6) is -0.502. The minimum absolute atomic E-state index is 0.101. The third kappa shape index (κ3) is 5.26. The Bertz CT molecular complexity index is 1050. The molecule has 3 rings (SSSR count). The number of benzene rings is 2. The lowest BCUT2D eigenvalue weighted by Crippen LogP contribution is -2.36. The maximum absolute atomic E-state index is 12.8.